The standard InChI is InChI=1S/C13H25N3O/c1-5-6-7-12-15-13(17-16-12)9-11(14-4)8-10(2)3/h10-11,14H,5-9H2,1-4H3. The minimum absolute atomic E-state index is 0.425. The fourth-order valence-corrected chi connectivity index (χ4v) is 1.89. The summed E-state index contributed by atoms with van der Waals surface area (Å²) in [7, 11) is 1.99. The molecule has 4 heteroatoms. The molecule has 0 amide bonds. The quantitative estimate of drug-likeness (QED) is 0.757. The van der Waals surface area contributed by atoms with Crippen LogP contribution in [0.3, 0.4) is 0 Å². The first kappa shape index (κ1) is 14.2. The number of unbranched alkanes of at least 4 members (excludes halogenated alkanes) is 1. The van der Waals surface area contributed by atoms with Crippen molar-refractivity contribution < 1.29 is 4.52 Å². The number of aromatic nitrogens is 2. The van der Waals surface area contributed by atoms with E-state index >= 15 is 0 Å². The lowest BCUT2D eigenvalue weighted by Gasteiger charge is -2.15. The number of hydrogen-bond donors (Lipinski definition) is 1. The van der Waals surface area contributed by atoms with Crippen LogP contribution in [0.25, 0.3) is 0 Å². The third-order valence-corrected chi connectivity index (χ3v) is 2.85. The van der Waals surface area contributed by atoms with Gasteiger partial charge in [-0.25, -0.2) is 0 Å². The van der Waals surface area contributed by atoms with Crippen molar-refractivity contribution in [3.8, 4) is 0 Å². The molecule has 0 saturated carbocycles. The fourth-order valence-electron chi connectivity index (χ4n) is 1.89. The van der Waals surface area contributed by atoms with Crippen LogP contribution in [0.2, 0.25) is 0 Å². The molecule has 0 aliphatic rings. The second kappa shape index (κ2) is 7.43. The van der Waals surface area contributed by atoms with Gasteiger partial charge in [0.05, 0.1) is 0 Å². The van der Waals surface area contributed by atoms with Crippen molar-refractivity contribution in [1.82, 2.24) is 15.5 Å². The molecule has 0 spiro atoms. The van der Waals surface area contributed by atoms with E-state index in [0.717, 1.165) is 43.8 Å². The monoisotopic (exact) mass is 239 g/mol. The summed E-state index contributed by atoms with van der Waals surface area (Å²) in [6.07, 6.45) is 5.17. The lowest BCUT2D eigenvalue weighted by Crippen LogP contribution is -2.29. The largest absolute Gasteiger partial charge is 0.339 e. The Morgan fingerprint density at radius 2 is 2.12 bits per heavy atom. The Hall–Kier alpha value is -0.900. The Kier molecular flexibility index (Phi) is 6.19. The smallest absolute Gasteiger partial charge is 0.228 e. The number of rotatable bonds is 8. The second-order valence-corrected chi connectivity index (χ2v) is 5.03. The molecule has 17 heavy (non-hydrogen) atoms. The van der Waals surface area contributed by atoms with Crippen LogP contribution in [-0.4, -0.2) is 23.2 Å². The predicted octanol–water partition coefficient (Wildman–Crippen LogP) is 2.59. The van der Waals surface area contributed by atoms with E-state index in [1.165, 1.54) is 0 Å². The molecule has 1 atom stereocenters. The van der Waals surface area contributed by atoms with Gasteiger partial charge in [-0.05, 0) is 25.8 Å². The van der Waals surface area contributed by atoms with Crippen molar-refractivity contribution in [3.63, 3.8) is 0 Å². The molecule has 1 N–H and O–H groups in total. The zero-order chi connectivity index (χ0) is 12.7. The summed E-state index contributed by atoms with van der Waals surface area (Å²) in [5.74, 6) is 2.28. The Balaban J connectivity index is 2.46. The summed E-state index contributed by atoms with van der Waals surface area (Å²) in [4.78, 5) is 4.43. The highest BCUT2D eigenvalue weighted by Gasteiger charge is 2.14. The summed E-state index contributed by atoms with van der Waals surface area (Å²) in [5, 5.41) is 7.31. The van der Waals surface area contributed by atoms with Crippen molar-refractivity contribution >= 4 is 0 Å². The highest BCUT2D eigenvalue weighted by molar-refractivity contribution is 4.89. The van der Waals surface area contributed by atoms with E-state index in [2.05, 4.69) is 36.2 Å². The molecule has 98 valence electrons. The fraction of sp³-hybridized carbons (Fsp3) is 0.846. The number of nitrogens with zero attached hydrogens (tertiary/aromatic N) is 2. The Morgan fingerprint density at radius 1 is 1.35 bits per heavy atom. The Bertz CT molecular complexity index is 309. The van der Waals surface area contributed by atoms with Gasteiger partial charge in [0.2, 0.25) is 5.89 Å². The molecule has 0 radical (unpaired) electrons. The third-order valence-electron chi connectivity index (χ3n) is 2.85. The maximum Gasteiger partial charge on any atom is 0.228 e. The predicted molar refractivity (Wildman–Crippen MR) is 68.9 cm³/mol. The maximum atomic E-state index is 5.27. The first-order valence-electron chi connectivity index (χ1n) is 6.64. The first-order valence-corrected chi connectivity index (χ1v) is 6.64. The van der Waals surface area contributed by atoms with Crippen molar-refractivity contribution in [3.05, 3.63) is 11.7 Å². The molecule has 0 aromatic carbocycles. The molecule has 0 aliphatic heterocycles. The van der Waals surface area contributed by atoms with Crippen LogP contribution in [-0.2, 0) is 12.8 Å². The van der Waals surface area contributed by atoms with Crippen LogP contribution in [0, 0.1) is 5.92 Å². The second-order valence-electron chi connectivity index (χ2n) is 5.03. The van der Waals surface area contributed by atoms with Gasteiger partial charge in [-0.1, -0.05) is 32.3 Å². The molecule has 0 saturated heterocycles. The van der Waals surface area contributed by atoms with Crippen molar-refractivity contribution in [2.24, 2.45) is 5.92 Å². The normalized spacial score (nSPS) is 13.2. The summed E-state index contributed by atoms with van der Waals surface area (Å²) >= 11 is 0. The molecular formula is C13H25N3O. The van der Waals surface area contributed by atoms with Gasteiger partial charge >= 0.3 is 0 Å². The summed E-state index contributed by atoms with van der Waals surface area (Å²) in [6.45, 7) is 6.62. The summed E-state index contributed by atoms with van der Waals surface area (Å²) in [6, 6.07) is 0.425. The summed E-state index contributed by atoms with van der Waals surface area (Å²) in [5.41, 5.74) is 0. The zero-order valence-corrected chi connectivity index (χ0v) is 11.5. The van der Waals surface area contributed by atoms with Gasteiger partial charge < -0.3 is 9.84 Å². The summed E-state index contributed by atoms with van der Waals surface area (Å²) < 4.78 is 5.27. The van der Waals surface area contributed by atoms with E-state index in [-0.39, 0.29) is 0 Å². The minimum atomic E-state index is 0.425. The van der Waals surface area contributed by atoms with E-state index < -0.39 is 0 Å². The molecular weight excluding hydrogens is 214 g/mol. The van der Waals surface area contributed by atoms with Crippen LogP contribution in [0.15, 0.2) is 4.52 Å². The highest BCUT2D eigenvalue weighted by Crippen LogP contribution is 2.10. The van der Waals surface area contributed by atoms with Gasteiger partial charge in [-0.15, -0.1) is 0 Å². The van der Waals surface area contributed by atoms with Crippen molar-refractivity contribution in [2.75, 3.05) is 7.05 Å². The average molecular weight is 239 g/mol. The van der Waals surface area contributed by atoms with E-state index in [1.807, 2.05) is 7.05 Å². The van der Waals surface area contributed by atoms with Crippen LogP contribution >= 0.6 is 0 Å². The molecule has 1 unspecified atom stereocenters. The number of likely N-dealkylation sites (N-methyl/N-ethyl adjacent to an activating group) is 1. The third kappa shape index (κ3) is 5.31. The molecule has 1 heterocycles. The van der Waals surface area contributed by atoms with E-state index in [0.29, 0.717) is 12.0 Å². The molecule has 4 nitrogen and oxygen atoms in total. The molecule has 1 rings (SSSR count). The lowest BCUT2D eigenvalue weighted by molar-refractivity contribution is 0.342. The van der Waals surface area contributed by atoms with Gasteiger partial charge in [0, 0.05) is 18.9 Å². The van der Waals surface area contributed by atoms with Crippen molar-refractivity contribution in [2.45, 2.75) is 58.9 Å². The topological polar surface area (TPSA) is 51.0 Å². The highest BCUT2D eigenvalue weighted by atomic mass is 16.5. The van der Waals surface area contributed by atoms with Gasteiger partial charge in [-0.2, -0.15) is 4.98 Å². The van der Waals surface area contributed by atoms with Gasteiger partial charge in [0.15, 0.2) is 5.82 Å². The van der Waals surface area contributed by atoms with Gasteiger partial charge in [-0.3, -0.25) is 0 Å². The molecule has 1 aromatic heterocycles. The maximum absolute atomic E-state index is 5.27. The van der Waals surface area contributed by atoms with Crippen molar-refractivity contribution in [1.29, 1.82) is 0 Å². The van der Waals surface area contributed by atoms with Gasteiger partial charge in [0.25, 0.3) is 0 Å². The lowest BCUT2D eigenvalue weighted by atomic mass is 10.0. The zero-order valence-electron chi connectivity index (χ0n) is 11.5. The molecule has 0 fully saturated rings. The number of aryl methyl sites for hydroxylation is 1. The van der Waals surface area contributed by atoms with E-state index in [9.17, 15) is 0 Å². The molecule has 0 bridgehead atoms. The van der Waals surface area contributed by atoms with Crippen LogP contribution < -0.4 is 5.32 Å². The first-order chi connectivity index (χ1) is 8.15. The Morgan fingerprint density at radius 3 is 2.71 bits per heavy atom. The van der Waals surface area contributed by atoms with E-state index in [1.54, 1.807) is 0 Å². The Labute approximate surface area is 104 Å². The SMILES string of the molecule is CCCCc1noc(CC(CC(C)C)NC)n1. The number of nitrogens with one attached hydrogen (secondary N) is 1. The average Bonchev–Trinajstić information content (AvgIpc) is 2.72. The minimum Gasteiger partial charge on any atom is -0.339 e. The van der Waals surface area contributed by atoms with E-state index in [4.69, 9.17) is 4.52 Å². The van der Waals surface area contributed by atoms with Gasteiger partial charge in [0.1, 0.15) is 0 Å². The molecule has 0 aliphatic carbocycles. The van der Waals surface area contributed by atoms with Crippen LogP contribution in [0.4, 0.5) is 0 Å². The van der Waals surface area contributed by atoms with Crippen LogP contribution in [0.5, 0.6) is 0 Å². The van der Waals surface area contributed by atoms with Crippen LogP contribution in [0.1, 0.15) is 51.7 Å². The molecule has 1 aromatic rings. The number of hydrogen-bond acceptors (Lipinski definition) is 4.